The molecule has 11 aromatic rings. The average molecular weight is 714 g/mol. The maximum Gasteiger partial charge on any atom is 0.138 e. The molecular formula is C53H35N3. The summed E-state index contributed by atoms with van der Waals surface area (Å²) >= 11 is 0. The van der Waals surface area contributed by atoms with Gasteiger partial charge in [0.1, 0.15) is 5.82 Å². The average Bonchev–Trinajstić information content (AvgIpc) is 3.78. The summed E-state index contributed by atoms with van der Waals surface area (Å²) in [5.41, 5.74) is 14.9. The number of hydrogen-bond acceptors (Lipinski definition) is 1. The molecule has 0 fully saturated rings. The van der Waals surface area contributed by atoms with E-state index in [0.29, 0.717) is 0 Å². The molecule has 3 heteroatoms. The zero-order valence-corrected chi connectivity index (χ0v) is 30.5. The van der Waals surface area contributed by atoms with Gasteiger partial charge in [-0.25, -0.2) is 4.98 Å². The Hall–Kier alpha value is -7.49. The van der Waals surface area contributed by atoms with Crippen LogP contribution < -0.4 is 0 Å². The van der Waals surface area contributed by atoms with Crippen molar-refractivity contribution in [2.24, 2.45) is 0 Å². The first-order valence-electron chi connectivity index (χ1n) is 19.1. The van der Waals surface area contributed by atoms with Gasteiger partial charge in [-0.1, -0.05) is 164 Å². The quantitative estimate of drug-likeness (QED) is 0.168. The molecule has 11 rings (SSSR count). The van der Waals surface area contributed by atoms with Gasteiger partial charge in [0.05, 0.1) is 27.8 Å². The zero-order valence-electron chi connectivity index (χ0n) is 30.5. The van der Waals surface area contributed by atoms with Crippen LogP contribution in [0.15, 0.2) is 212 Å². The molecule has 0 radical (unpaired) electrons. The predicted molar refractivity (Wildman–Crippen MR) is 235 cm³/mol. The van der Waals surface area contributed by atoms with E-state index in [1.165, 1.54) is 54.8 Å². The summed E-state index contributed by atoms with van der Waals surface area (Å²) in [7, 11) is 0. The summed E-state index contributed by atoms with van der Waals surface area (Å²) in [6.07, 6.45) is 0. The Kier molecular flexibility index (Phi) is 7.49. The van der Waals surface area contributed by atoms with Crippen LogP contribution in [-0.4, -0.2) is 14.1 Å². The first-order chi connectivity index (χ1) is 27.8. The Bertz CT molecular complexity index is 3150. The van der Waals surface area contributed by atoms with Crippen LogP contribution in [0.3, 0.4) is 0 Å². The highest BCUT2D eigenvalue weighted by atomic mass is 15.1. The number of aromatic nitrogens is 3. The summed E-state index contributed by atoms with van der Waals surface area (Å²) in [6, 6.07) is 76.2. The molecule has 0 spiro atoms. The second kappa shape index (κ2) is 13.1. The number of rotatable bonds is 6. The molecule has 0 aliphatic heterocycles. The van der Waals surface area contributed by atoms with Crippen molar-refractivity contribution in [2.45, 2.75) is 0 Å². The molecule has 0 bridgehead atoms. The lowest BCUT2D eigenvalue weighted by molar-refractivity contribution is 1.08. The fourth-order valence-electron chi connectivity index (χ4n) is 8.45. The van der Waals surface area contributed by atoms with Gasteiger partial charge in [0.15, 0.2) is 0 Å². The molecule has 0 saturated carbocycles. The van der Waals surface area contributed by atoms with E-state index in [1.807, 2.05) is 0 Å². The van der Waals surface area contributed by atoms with Gasteiger partial charge in [-0.05, 0) is 81.9 Å². The minimum Gasteiger partial charge on any atom is -0.309 e. The van der Waals surface area contributed by atoms with Crippen LogP contribution in [0.4, 0.5) is 0 Å². The number of fused-ring (bicyclic) bond motifs is 6. The van der Waals surface area contributed by atoms with Crippen LogP contribution in [0, 0.1) is 0 Å². The zero-order chi connectivity index (χ0) is 37.0. The van der Waals surface area contributed by atoms with Crippen LogP contribution in [0.25, 0.3) is 99.8 Å². The van der Waals surface area contributed by atoms with E-state index in [1.54, 1.807) is 0 Å². The molecule has 0 unspecified atom stereocenters. The molecule has 3 aromatic heterocycles. The Morgan fingerprint density at radius 1 is 0.268 bits per heavy atom. The molecular weight excluding hydrogens is 679 g/mol. The summed E-state index contributed by atoms with van der Waals surface area (Å²) in [4.78, 5) is 5.39. The molecule has 3 nitrogen and oxygen atoms in total. The monoisotopic (exact) mass is 713 g/mol. The minimum atomic E-state index is 0.894. The lowest BCUT2D eigenvalue weighted by Gasteiger charge is -2.13. The van der Waals surface area contributed by atoms with Gasteiger partial charge in [-0.2, -0.15) is 0 Å². The Morgan fingerprint density at radius 3 is 1.36 bits per heavy atom. The van der Waals surface area contributed by atoms with Crippen molar-refractivity contribution in [1.82, 2.24) is 14.1 Å². The normalized spacial score (nSPS) is 11.6. The molecule has 0 aliphatic carbocycles. The minimum absolute atomic E-state index is 0.894. The van der Waals surface area contributed by atoms with Crippen molar-refractivity contribution in [2.75, 3.05) is 0 Å². The molecule has 0 saturated heterocycles. The third-order valence-corrected chi connectivity index (χ3v) is 11.1. The van der Waals surface area contributed by atoms with Gasteiger partial charge in [0.25, 0.3) is 0 Å². The van der Waals surface area contributed by atoms with Gasteiger partial charge in [0, 0.05) is 32.8 Å². The smallest absolute Gasteiger partial charge is 0.138 e. The lowest BCUT2D eigenvalue weighted by atomic mass is 10.00. The molecule has 262 valence electrons. The van der Waals surface area contributed by atoms with Gasteiger partial charge < -0.3 is 4.57 Å². The maximum absolute atomic E-state index is 5.39. The number of pyridine rings is 1. The van der Waals surface area contributed by atoms with Crippen molar-refractivity contribution in [1.29, 1.82) is 0 Å². The number of nitrogens with zero attached hydrogens (tertiary/aromatic N) is 3. The first-order valence-corrected chi connectivity index (χ1v) is 19.1. The van der Waals surface area contributed by atoms with Crippen LogP contribution in [0.5, 0.6) is 0 Å². The SMILES string of the molecule is c1ccc(-c2ccc(-c3cccc(-n4c5ccccc5c5cc6c(cc54)c4ccccc4n6-c4cc(-c5ccccc5)cc(-c5ccccc5)n4)c3)cc2)cc1. The van der Waals surface area contributed by atoms with E-state index in [0.717, 1.165) is 44.9 Å². The predicted octanol–water partition coefficient (Wildman–Crippen LogP) is 13.9. The Morgan fingerprint density at radius 2 is 0.732 bits per heavy atom. The topological polar surface area (TPSA) is 22.8 Å². The fraction of sp³-hybridized carbons (Fsp3) is 0. The number of para-hydroxylation sites is 2. The summed E-state index contributed by atoms with van der Waals surface area (Å²) in [5.74, 6) is 0.894. The van der Waals surface area contributed by atoms with E-state index in [4.69, 9.17) is 4.98 Å². The van der Waals surface area contributed by atoms with Crippen molar-refractivity contribution < 1.29 is 0 Å². The number of benzene rings is 8. The molecule has 0 amide bonds. The van der Waals surface area contributed by atoms with Crippen LogP contribution >= 0.6 is 0 Å². The van der Waals surface area contributed by atoms with Gasteiger partial charge in [-0.15, -0.1) is 0 Å². The molecule has 8 aromatic carbocycles. The van der Waals surface area contributed by atoms with Gasteiger partial charge in [0.2, 0.25) is 0 Å². The summed E-state index contributed by atoms with van der Waals surface area (Å²) in [6.45, 7) is 0. The molecule has 0 aliphatic rings. The van der Waals surface area contributed by atoms with Crippen LogP contribution in [0.1, 0.15) is 0 Å². The van der Waals surface area contributed by atoms with Gasteiger partial charge >= 0.3 is 0 Å². The van der Waals surface area contributed by atoms with Crippen LogP contribution in [0.2, 0.25) is 0 Å². The maximum atomic E-state index is 5.39. The fourth-order valence-corrected chi connectivity index (χ4v) is 8.45. The third-order valence-electron chi connectivity index (χ3n) is 11.1. The molecule has 0 N–H and O–H groups in total. The largest absolute Gasteiger partial charge is 0.309 e. The van der Waals surface area contributed by atoms with E-state index < -0.39 is 0 Å². The van der Waals surface area contributed by atoms with E-state index in [-0.39, 0.29) is 0 Å². The molecule has 0 atom stereocenters. The van der Waals surface area contributed by atoms with Crippen molar-refractivity contribution in [3.8, 4) is 56.1 Å². The van der Waals surface area contributed by atoms with Crippen molar-refractivity contribution in [3.63, 3.8) is 0 Å². The number of hydrogen-bond donors (Lipinski definition) is 0. The lowest BCUT2D eigenvalue weighted by Crippen LogP contribution is -2.00. The Labute approximate surface area is 325 Å². The second-order valence-electron chi connectivity index (χ2n) is 14.4. The van der Waals surface area contributed by atoms with Crippen LogP contribution in [-0.2, 0) is 0 Å². The second-order valence-corrected chi connectivity index (χ2v) is 14.4. The summed E-state index contributed by atoms with van der Waals surface area (Å²) < 4.78 is 4.79. The first kappa shape index (κ1) is 32.0. The molecule has 56 heavy (non-hydrogen) atoms. The molecule has 3 heterocycles. The van der Waals surface area contributed by atoms with Crippen molar-refractivity contribution in [3.05, 3.63) is 212 Å². The standard InChI is InChI=1S/C53H35N3/c1-4-15-36(16-5-1)38-27-29-39(30-28-38)41-21-14-22-43(31-41)55-49-25-12-10-23-44(49)46-35-52-47(34-51(46)55)45-24-11-13-26-50(45)56(52)53-33-42(37-17-6-2-7-18-37)32-48(54-53)40-19-8-3-9-20-40/h1-35H. The Balaban J connectivity index is 1.13. The van der Waals surface area contributed by atoms with Crippen molar-refractivity contribution >= 4 is 43.6 Å². The van der Waals surface area contributed by atoms with E-state index >= 15 is 0 Å². The van der Waals surface area contributed by atoms with Gasteiger partial charge in [-0.3, -0.25) is 4.57 Å². The summed E-state index contributed by atoms with van der Waals surface area (Å²) in [5, 5.41) is 4.81. The highest BCUT2D eigenvalue weighted by molar-refractivity contribution is 6.19. The van der Waals surface area contributed by atoms with E-state index in [9.17, 15) is 0 Å². The third kappa shape index (κ3) is 5.32. The van der Waals surface area contributed by atoms with E-state index in [2.05, 4.69) is 221 Å². The highest BCUT2D eigenvalue weighted by Crippen LogP contribution is 2.41. The highest BCUT2D eigenvalue weighted by Gasteiger charge is 2.20.